The fourth-order valence-corrected chi connectivity index (χ4v) is 3.00. The summed E-state index contributed by atoms with van der Waals surface area (Å²) in [6, 6.07) is 17.0. The molecule has 0 aliphatic rings. The quantitative estimate of drug-likeness (QED) is 0.719. The van der Waals surface area contributed by atoms with Crippen molar-refractivity contribution in [3.05, 3.63) is 83.2 Å². The Morgan fingerprint density at radius 3 is 2.32 bits per heavy atom. The van der Waals surface area contributed by atoms with Gasteiger partial charge in [-0.2, -0.15) is 5.10 Å². The second kappa shape index (κ2) is 8.52. The van der Waals surface area contributed by atoms with Crippen molar-refractivity contribution in [1.82, 2.24) is 20.0 Å². The first-order valence-electron chi connectivity index (χ1n) is 9.22. The van der Waals surface area contributed by atoms with E-state index in [2.05, 4.69) is 10.4 Å². The van der Waals surface area contributed by atoms with Gasteiger partial charge in [0.05, 0.1) is 23.1 Å². The van der Waals surface area contributed by atoms with Crippen LogP contribution < -0.4 is 5.32 Å². The van der Waals surface area contributed by atoms with Crippen molar-refractivity contribution >= 4 is 11.8 Å². The van der Waals surface area contributed by atoms with Gasteiger partial charge in [-0.3, -0.25) is 9.59 Å². The van der Waals surface area contributed by atoms with E-state index in [1.165, 1.54) is 4.90 Å². The number of nitrogens with zero attached hydrogens (tertiary/aromatic N) is 3. The molecule has 0 saturated heterocycles. The number of aromatic nitrogens is 2. The lowest BCUT2D eigenvalue weighted by Crippen LogP contribution is -2.24. The lowest BCUT2D eigenvalue weighted by atomic mass is 10.1. The highest BCUT2D eigenvalue weighted by Crippen LogP contribution is 2.16. The van der Waals surface area contributed by atoms with E-state index in [1.807, 2.05) is 49.4 Å². The second-order valence-electron chi connectivity index (χ2n) is 6.69. The van der Waals surface area contributed by atoms with E-state index in [-0.39, 0.29) is 11.8 Å². The Kier molecular flexibility index (Phi) is 5.89. The summed E-state index contributed by atoms with van der Waals surface area (Å²) in [4.78, 5) is 26.2. The molecule has 1 heterocycles. The van der Waals surface area contributed by atoms with Crippen molar-refractivity contribution in [1.29, 1.82) is 0 Å². The maximum absolute atomic E-state index is 12.7. The molecule has 144 valence electrons. The molecular weight excluding hydrogens is 352 g/mol. The number of amides is 2. The third-order valence-electron chi connectivity index (χ3n) is 4.51. The summed E-state index contributed by atoms with van der Waals surface area (Å²) in [6.45, 7) is 2.39. The fraction of sp³-hybridized carbons (Fsp3) is 0.227. The van der Waals surface area contributed by atoms with Crippen LogP contribution in [-0.4, -0.2) is 40.6 Å². The van der Waals surface area contributed by atoms with Crippen LogP contribution in [0, 0.1) is 0 Å². The van der Waals surface area contributed by atoms with Crippen LogP contribution in [0.2, 0.25) is 0 Å². The van der Waals surface area contributed by atoms with Gasteiger partial charge in [0, 0.05) is 26.2 Å². The molecule has 0 bridgehead atoms. The molecule has 1 aromatic heterocycles. The molecule has 28 heavy (non-hydrogen) atoms. The summed E-state index contributed by atoms with van der Waals surface area (Å²) < 4.78 is 1.80. The monoisotopic (exact) mass is 376 g/mol. The van der Waals surface area contributed by atoms with E-state index in [1.54, 1.807) is 37.1 Å². The maximum atomic E-state index is 12.7. The third-order valence-corrected chi connectivity index (χ3v) is 4.51. The van der Waals surface area contributed by atoms with Crippen molar-refractivity contribution < 1.29 is 9.59 Å². The molecule has 0 spiro atoms. The van der Waals surface area contributed by atoms with E-state index in [0.717, 1.165) is 16.9 Å². The van der Waals surface area contributed by atoms with Gasteiger partial charge in [-0.15, -0.1) is 0 Å². The molecule has 0 aliphatic heterocycles. The van der Waals surface area contributed by atoms with Gasteiger partial charge in [-0.25, -0.2) is 4.68 Å². The SMILES string of the molecule is CCc1c(C(=O)NCc2ccc(C(=O)N(C)C)cc2)cnn1-c1ccccc1. The smallest absolute Gasteiger partial charge is 0.255 e. The van der Waals surface area contributed by atoms with Crippen molar-refractivity contribution in [2.24, 2.45) is 0 Å². The summed E-state index contributed by atoms with van der Waals surface area (Å²) >= 11 is 0. The summed E-state index contributed by atoms with van der Waals surface area (Å²) in [5.74, 6) is -0.205. The molecule has 2 aromatic carbocycles. The number of hydrogen-bond donors (Lipinski definition) is 1. The minimum absolute atomic E-state index is 0.0449. The Labute approximate surface area is 164 Å². The highest BCUT2D eigenvalue weighted by Gasteiger charge is 2.17. The molecule has 0 unspecified atom stereocenters. The van der Waals surface area contributed by atoms with Gasteiger partial charge >= 0.3 is 0 Å². The minimum atomic E-state index is -0.160. The lowest BCUT2D eigenvalue weighted by Gasteiger charge is -2.11. The Hall–Kier alpha value is -3.41. The number of rotatable bonds is 6. The highest BCUT2D eigenvalue weighted by atomic mass is 16.2. The van der Waals surface area contributed by atoms with Crippen molar-refractivity contribution in [2.75, 3.05) is 14.1 Å². The van der Waals surface area contributed by atoms with Crippen LogP contribution in [0.5, 0.6) is 0 Å². The molecular formula is C22H24N4O2. The van der Waals surface area contributed by atoms with Crippen LogP contribution in [0.3, 0.4) is 0 Å². The van der Waals surface area contributed by atoms with Crippen LogP contribution >= 0.6 is 0 Å². The molecule has 6 nitrogen and oxygen atoms in total. The van der Waals surface area contributed by atoms with Crippen LogP contribution in [-0.2, 0) is 13.0 Å². The minimum Gasteiger partial charge on any atom is -0.348 e. The van der Waals surface area contributed by atoms with Crippen LogP contribution in [0.1, 0.15) is 38.9 Å². The van der Waals surface area contributed by atoms with E-state index in [0.29, 0.717) is 24.1 Å². The fourth-order valence-electron chi connectivity index (χ4n) is 3.00. The number of carbonyl (C=O) groups is 2. The standard InChI is InChI=1S/C22H24N4O2/c1-4-20-19(15-24-26(20)18-8-6-5-7-9-18)21(27)23-14-16-10-12-17(13-11-16)22(28)25(2)3/h5-13,15H,4,14H2,1-3H3,(H,23,27). The average Bonchev–Trinajstić information content (AvgIpc) is 3.16. The molecule has 3 aromatic rings. The molecule has 0 fully saturated rings. The third kappa shape index (κ3) is 4.11. The Morgan fingerprint density at radius 1 is 1.04 bits per heavy atom. The van der Waals surface area contributed by atoms with Gasteiger partial charge in [0.25, 0.3) is 11.8 Å². The molecule has 6 heteroatoms. The van der Waals surface area contributed by atoms with Crippen molar-refractivity contribution in [2.45, 2.75) is 19.9 Å². The molecule has 0 radical (unpaired) electrons. The first-order chi connectivity index (χ1) is 13.5. The number of para-hydroxylation sites is 1. The van der Waals surface area contributed by atoms with Gasteiger partial charge in [-0.05, 0) is 36.2 Å². The zero-order chi connectivity index (χ0) is 20.1. The molecule has 0 aliphatic carbocycles. The van der Waals surface area contributed by atoms with Gasteiger partial charge in [0.2, 0.25) is 0 Å². The summed E-state index contributed by atoms with van der Waals surface area (Å²) in [5, 5.41) is 7.33. The highest BCUT2D eigenvalue weighted by molar-refractivity contribution is 5.95. The average molecular weight is 376 g/mol. The molecule has 3 rings (SSSR count). The van der Waals surface area contributed by atoms with Crippen LogP contribution in [0.15, 0.2) is 60.8 Å². The van der Waals surface area contributed by atoms with Gasteiger partial charge in [0.15, 0.2) is 0 Å². The number of nitrogens with one attached hydrogen (secondary N) is 1. The zero-order valence-electron chi connectivity index (χ0n) is 16.3. The number of benzene rings is 2. The Balaban J connectivity index is 1.70. The molecule has 0 atom stereocenters. The summed E-state index contributed by atoms with van der Waals surface area (Å²) in [5.41, 5.74) is 3.93. The predicted molar refractivity (Wildman–Crippen MR) is 109 cm³/mol. The molecule has 2 amide bonds. The Bertz CT molecular complexity index is 960. The van der Waals surface area contributed by atoms with Crippen LogP contribution in [0.4, 0.5) is 0 Å². The molecule has 0 saturated carbocycles. The van der Waals surface area contributed by atoms with Gasteiger partial charge in [0.1, 0.15) is 0 Å². The maximum Gasteiger partial charge on any atom is 0.255 e. The Morgan fingerprint density at radius 2 is 1.71 bits per heavy atom. The summed E-state index contributed by atoms with van der Waals surface area (Å²) in [6.07, 6.45) is 2.30. The zero-order valence-corrected chi connectivity index (χ0v) is 16.3. The normalized spacial score (nSPS) is 10.5. The van der Waals surface area contributed by atoms with E-state index < -0.39 is 0 Å². The first kappa shape index (κ1) is 19.4. The number of hydrogen-bond acceptors (Lipinski definition) is 3. The summed E-state index contributed by atoms with van der Waals surface area (Å²) in [7, 11) is 3.44. The van der Waals surface area contributed by atoms with Crippen molar-refractivity contribution in [3.8, 4) is 5.69 Å². The van der Waals surface area contributed by atoms with Gasteiger partial charge < -0.3 is 10.2 Å². The van der Waals surface area contributed by atoms with E-state index in [4.69, 9.17) is 0 Å². The second-order valence-corrected chi connectivity index (χ2v) is 6.69. The number of carbonyl (C=O) groups excluding carboxylic acids is 2. The lowest BCUT2D eigenvalue weighted by molar-refractivity contribution is 0.0827. The predicted octanol–water partition coefficient (Wildman–Crippen LogP) is 3.07. The van der Waals surface area contributed by atoms with E-state index in [9.17, 15) is 9.59 Å². The van der Waals surface area contributed by atoms with Gasteiger partial charge in [-0.1, -0.05) is 37.3 Å². The topological polar surface area (TPSA) is 67.2 Å². The first-order valence-corrected chi connectivity index (χ1v) is 9.22. The van der Waals surface area contributed by atoms with Crippen molar-refractivity contribution in [3.63, 3.8) is 0 Å². The van der Waals surface area contributed by atoms with Crippen LogP contribution in [0.25, 0.3) is 5.69 Å². The largest absolute Gasteiger partial charge is 0.348 e. The van der Waals surface area contributed by atoms with E-state index >= 15 is 0 Å². The molecule has 1 N–H and O–H groups in total.